The van der Waals surface area contributed by atoms with Gasteiger partial charge in [0, 0.05) is 18.8 Å². The Balaban J connectivity index is 1.98. The van der Waals surface area contributed by atoms with E-state index in [0.29, 0.717) is 10.8 Å². The second-order valence-corrected chi connectivity index (χ2v) is 5.86. The van der Waals surface area contributed by atoms with Crippen LogP contribution in [-0.2, 0) is 4.79 Å². The molecule has 1 saturated heterocycles. The zero-order chi connectivity index (χ0) is 15.2. The summed E-state index contributed by atoms with van der Waals surface area (Å²) in [6.07, 6.45) is 4.65. The molecule has 1 fully saturated rings. The molecule has 4 nitrogen and oxygen atoms in total. The summed E-state index contributed by atoms with van der Waals surface area (Å²) in [5.74, 6) is 0.789. The number of rotatable bonds is 4. The van der Waals surface area contributed by atoms with Crippen molar-refractivity contribution < 1.29 is 9.53 Å². The van der Waals surface area contributed by atoms with Gasteiger partial charge in [0.25, 0.3) is 0 Å². The topological polar surface area (TPSA) is 41.6 Å². The standard InChI is InChI=1S/C16H23ClN2O2/c1-12(16(20)19-9-5-3-4-6-10-19)18-13-7-8-15(21-2)14(17)11-13/h7-8,11-12,18H,3-6,9-10H2,1-2H3. The molecule has 0 aliphatic carbocycles. The van der Waals surface area contributed by atoms with Gasteiger partial charge in [-0.3, -0.25) is 4.79 Å². The summed E-state index contributed by atoms with van der Waals surface area (Å²) < 4.78 is 5.13. The van der Waals surface area contributed by atoms with E-state index in [1.165, 1.54) is 12.8 Å². The van der Waals surface area contributed by atoms with Gasteiger partial charge in [-0.15, -0.1) is 0 Å². The van der Waals surface area contributed by atoms with Crippen molar-refractivity contribution in [2.75, 3.05) is 25.5 Å². The van der Waals surface area contributed by atoms with Crippen molar-refractivity contribution in [1.82, 2.24) is 4.90 Å². The number of hydrogen-bond acceptors (Lipinski definition) is 3. The summed E-state index contributed by atoms with van der Waals surface area (Å²) in [5, 5.41) is 3.76. The number of carbonyl (C=O) groups is 1. The number of benzene rings is 1. The van der Waals surface area contributed by atoms with Crippen LogP contribution in [0.3, 0.4) is 0 Å². The number of hydrogen-bond donors (Lipinski definition) is 1. The van der Waals surface area contributed by atoms with Crippen LogP contribution in [0.2, 0.25) is 5.02 Å². The summed E-state index contributed by atoms with van der Waals surface area (Å²) in [7, 11) is 1.58. The van der Waals surface area contributed by atoms with Crippen LogP contribution >= 0.6 is 11.6 Å². The maximum absolute atomic E-state index is 12.5. The van der Waals surface area contributed by atoms with Crippen molar-refractivity contribution in [3.05, 3.63) is 23.2 Å². The fourth-order valence-corrected chi connectivity index (χ4v) is 2.89. The van der Waals surface area contributed by atoms with Crippen molar-refractivity contribution in [2.24, 2.45) is 0 Å². The SMILES string of the molecule is COc1ccc(NC(C)C(=O)N2CCCCCC2)cc1Cl. The first-order valence-corrected chi connectivity index (χ1v) is 7.88. The smallest absolute Gasteiger partial charge is 0.244 e. The third kappa shape index (κ3) is 4.27. The molecule has 5 heteroatoms. The van der Waals surface area contributed by atoms with Crippen LogP contribution in [0.5, 0.6) is 5.75 Å². The number of amides is 1. The Kier molecular flexibility index (Phi) is 5.74. The molecule has 1 atom stereocenters. The first-order valence-electron chi connectivity index (χ1n) is 7.50. The number of nitrogens with zero attached hydrogens (tertiary/aromatic N) is 1. The van der Waals surface area contributed by atoms with E-state index in [9.17, 15) is 4.79 Å². The highest BCUT2D eigenvalue weighted by atomic mass is 35.5. The van der Waals surface area contributed by atoms with E-state index in [1.807, 2.05) is 17.9 Å². The molecule has 0 spiro atoms. The molecular weight excluding hydrogens is 288 g/mol. The fourth-order valence-electron chi connectivity index (χ4n) is 2.63. The molecule has 1 heterocycles. The maximum atomic E-state index is 12.5. The molecule has 1 aliphatic heterocycles. The summed E-state index contributed by atoms with van der Waals surface area (Å²) in [4.78, 5) is 14.4. The molecule has 1 amide bonds. The Morgan fingerprint density at radius 1 is 1.29 bits per heavy atom. The first kappa shape index (κ1) is 16.0. The Labute approximate surface area is 131 Å². The number of halogens is 1. The largest absolute Gasteiger partial charge is 0.495 e. The summed E-state index contributed by atoms with van der Waals surface area (Å²) in [5.41, 5.74) is 0.830. The molecule has 21 heavy (non-hydrogen) atoms. The maximum Gasteiger partial charge on any atom is 0.244 e. The van der Waals surface area contributed by atoms with Crippen LogP contribution in [-0.4, -0.2) is 37.0 Å². The predicted octanol–water partition coefficient (Wildman–Crippen LogP) is 3.55. The third-order valence-corrected chi connectivity index (χ3v) is 4.12. The number of anilines is 1. The summed E-state index contributed by atoms with van der Waals surface area (Å²) >= 11 is 6.10. The predicted molar refractivity (Wildman–Crippen MR) is 86.1 cm³/mol. The molecule has 116 valence electrons. The molecule has 0 bridgehead atoms. The quantitative estimate of drug-likeness (QED) is 0.924. The normalized spacial score (nSPS) is 17.0. The van der Waals surface area contributed by atoms with Crippen molar-refractivity contribution >= 4 is 23.2 Å². The molecule has 0 radical (unpaired) electrons. The number of carbonyl (C=O) groups excluding carboxylic acids is 1. The molecule has 1 aromatic rings. The van der Waals surface area contributed by atoms with E-state index < -0.39 is 0 Å². The molecule has 1 aliphatic rings. The van der Waals surface area contributed by atoms with Crippen molar-refractivity contribution in [2.45, 2.75) is 38.6 Å². The van der Waals surface area contributed by atoms with Crippen LogP contribution in [0.15, 0.2) is 18.2 Å². The van der Waals surface area contributed by atoms with Crippen LogP contribution in [0.4, 0.5) is 5.69 Å². The minimum absolute atomic E-state index is 0.156. The summed E-state index contributed by atoms with van der Waals surface area (Å²) in [6, 6.07) is 5.20. The highest BCUT2D eigenvalue weighted by Gasteiger charge is 2.21. The average Bonchev–Trinajstić information content (AvgIpc) is 2.75. The van der Waals surface area contributed by atoms with Crippen LogP contribution in [0.25, 0.3) is 0 Å². The fraction of sp³-hybridized carbons (Fsp3) is 0.562. The van der Waals surface area contributed by atoms with Crippen molar-refractivity contribution in [1.29, 1.82) is 0 Å². The lowest BCUT2D eigenvalue weighted by Gasteiger charge is -2.25. The summed E-state index contributed by atoms with van der Waals surface area (Å²) in [6.45, 7) is 3.63. The first-order chi connectivity index (χ1) is 10.1. The Morgan fingerprint density at radius 3 is 2.52 bits per heavy atom. The van der Waals surface area contributed by atoms with Gasteiger partial charge in [-0.2, -0.15) is 0 Å². The van der Waals surface area contributed by atoms with E-state index in [-0.39, 0.29) is 11.9 Å². The van der Waals surface area contributed by atoms with Crippen LogP contribution < -0.4 is 10.1 Å². The van der Waals surface area contributed by atoms with Gasteiger partial charge in [0.1, 0.15) is 11.8 Å². The second kappa shape index (κ2) is 7.55. The van der Waals surface area contributed by atoms with Gasteiger partial charge in [-0.1, -0.05) is 24.4 Å². The second-order valence-electron chi connectivity index (χ2n) is 5.45. The number of likely N-dealkylation sites (tertiary alicyclic amines) is 1. The van der Waals surface area contributed by atoms with Crippen LogP contribution in [0.1, 0.15) is 32.6 Å². The van der Waals surface area contributed by atoms with E-state index in [2.05, 4.69) is 5.32 Å². The van der Waals surface area contributed by atoms with Crippen molar-refractivity contribution in [3.63, 3.8) is 0 Å². The van der Waals surface area contributed by atoms with Gasteiger partial charge in [0.2, 0.25) is 5.91 Å². The highest BCUT2D eigenvalue weighted by Crippen LogP contribution is 2.27. The Bertz CT molecular complexity index is 485. The number of ether oxygens (including phenoxy) is 1. The van der Waals surface area contributed by atoms with E-state index in [4.69, 9.17) is 16.3 Å². The lowest BCUT2D eigenvalue weighted by Crippen LogP contribution is -2.41. The Morgan fingerprint density at radius 2 is 1.95 bits per heavy atom. The van der Waals surface area contributed by atoms with Gasteiger partial charge in [-0.05, 0) is 38.0 Å². The lowest BCUT2D eigenvalue weighted by atomic mass is 10.2. The highest BCUT2D eigenvalue weighted by molar-refractivity contribution is 6.32. The third-order valence-electron chi connectivity index (χ3n) is 3.82. The van der Waals surface area contributed by atoms with E-state index >= 15 is 0 Å². The van der Waals surface area contributed by atoms with Gasteiger partial charge in [0.15, 0.2) is 0 Å². The van der Waals surface area contributed by atoms with Gasteiger partial charge >= 0.3 is 0 Å². The number of methoxy groups -OCH3 is 1. The lowest BCUT2D eigenvalue weighted by molar-refractivity contribution is -0.131. The minimum Gasteiger partial charge on any atom is -0.495 e. The van der Waals surface area contributed by atoms with Crippen molar-refractivity contribution in [3.8, 4) is 5.75 Å². The Hall–Kier alpha value is -1.42. The minimum atomic E-state index is -0.257. The zero-order valence-electron chi connectivity index (χ0n) is 12.7. The van der Waals surface area contributed by atoms with Gasteiger partial charge < -0.3 is 15.0 Å². The molecule has 1 N–H and O–H groups in total. The van der Waals surface area contributed by atoms with Gasteiger partial charge in [0.05, 0.1) is 12.1 Å². The van der Waals surface area contributed by atoms with E-state index in [0.717, 1.165) is 31.6 Å². The molecule has 1 aromatic carbocycles. The monoisotopic (exact) mass is 310 g/mol. The molecule has 1 unspecified atom stereocenters. The zero-order valence-corrected chi connectivity index (χ0v) is 13.4. The van der Waals surface area contributed by atoms with Gasteiger partial charge in [-0.25, -0.2) is 0 Å². The molecule has 0 aromatic heterocycles. The molecule has 2 rings (SSSR count). The average molecular weight is 311 g/mol. The number of nitrogens with one attached hydrogen (secondary N) is 1. The molecular formula is C16H23ClN2O2. The van der Waals surface area contributed by atoms with Crippen LogP contribution in [0, 0.1) is 0 Å². The van der Waals surface area contributed by atoms with E-state index in [1.54, 1.807) is 19.2 Å². The molecule has 0 saturated carbocycles.